The minimum Gasteiger partial charge on any atom is -0.356 e. The Morgan fingerprint density at radius 1 is 0.889 bits per heavy atom. The van der Waals surface area contributed by atoms with Crippen LogP contribution in [-0.4, -0.2) is 5.11 Å². The van der Waals surface area contributed by atoms with Crippen molar-refractivity contribution in [3.63, 3.8) is 0 Å². The summed E-state index contributed by atoms with van der Waals surface area (Å²) in [5.41, 5.74) is -2.73. The molecule has 2 rings (SSSR count). The zero-order valence-electron chi connectivity index (χ0n) is 13.7. The number of anilines is 1. The van der Waals surface area contributed by atoms with Crippen LogP contribution in [0.4, 0.5) is 36.4 Å². The van der Waals surface area contributed by atoms with Gasteiger partial charge in [-0.1, -0.05) is 12.1 Å². The Labute approximate surface area is 155 Å². The maximum absolute atomic E-state index is 12.9. The Hall–Kier alpha value is -2.36. The maximum Gasteiger partial charge on any atom is 0.416 e. The van der Waals surface area contributed by atoms with Crippen molar-refractivity contribution in [1.29, 1.82) is 0 Å². The summed E-state index contributed by atoms with van der Waals surface area (Å²) in [6.45, 7) is 1.65. The number of hydrogen-bond acceptors (Lipinski definition) is 1. The molecule has 146 valence electrons. The summed E-state index contributed by atoms with van der Waals surface area (Å²) in [7, 11) is 0. The lowest BCUT2D eigenvalue weighted by molar-refractivity contribution is -0.143. The molecule has 2 aromatic rings. The highest BCUT2D eigenvalue weighted by atomic mass is 32.1. The Balaban J connectivity index is 2.20. The number of hydrogen-bond donors (Lipinski definition) is 2. The number of benzene rings is 2. The lowest BCUT2D eigenvalue weighted by atomic mass is 10.1. The highest BCUT2D eigenvalue weighted by molar-refractivity contribution is 7.80. The van der Waals surface area contributed by atoms with Gasteiger partial charge in [0.25, 0.3) is 0 Å². The van der Waals surface area contributed by atoms with Gasteiger partial charge in [0.05, 0.1) is 17.2 Å². The number of alkyl halides is 6. The van der Waals surface area contributed by atoms with E-state index in [1.54, 1.807) is 6.92 Å². The molecule has 2 aromatic carbocycles. The third-order valence-corrected chi connectivity index (χ3v) is 3.78. The highest BCUT2D eigenvalue weighted by Crippen LogP contribution is 2.37. The van der Waals surface area contributed by atoms with E-state index in [2.05, 4.69) is 10.6 Å². The summed E-state index contributed by atoms with van der Waals surface area (Å²) >= 11 is 4.95. The van der Waals surface area contributed by atoms with E-state index in [4.69, 9.17) is 12.2 Å². The number of thiocarbonyl (C=S) groups is 1. The van der Waals surface area contributed by atoms with Gasteiger partial charge in [-0.25, -0.2) is 4.39 Å². The first-order valence-corrected chi connectivity index (χ1v) is 7.89. The second-order valence-electron chi connectivity index (χ2n) is 5.67. The van der Waals surface area contributed by atoms with Crippen LogP contribution in [0.5, 0.6) is 0 Å². The van der Waals surface area contributed by atoms with Gasteiger partial charge in [0.15, 0.2) is 5.11 Å². The quantitative estimate of drug-likeness (QED) is 0.486. The molecule has 1 atom stereocenters. The van der Waals surface area contributed by atoms with Gasteiger partial charge in [-0.15, -0.1) is 0 Å². The van der Waals surface area contributed by atoms with Gasteiger partial charge in [0.2, 0.25) is 0 Å². The molecule has 0 spiro atoms. The summed E-state index contributed by atoms with van der Waals surface area (Å²) in [5.74, 6) is -0.449. The minimum absolute atomic E-state index is 0.0306. The van der Waals surface area contributed by atoms with Crippen LogP contribution >= 0.6 is 12.2 Å². The highest BCUT2D eigenvalue weighted by Gasteiger charge is 2.37. The molecule has 0 saturated carbocycles. The van der Waals surface area contributed by atoms with Crippen LogP contribution < -0.4 is 10.6 Å². The van der Waals surface area contributed by atoms with Gasteiger partial charge >= 0.3 is 12.4 Å². The van der Waals surface area contributed by atoms with Crippen LogP contribution in [0.3, 0.4) is 0 Å². The fourth-order valence-corrected chi connectivity index (χ4v) is 2.52. The first-order valence-electron chi connectivity index (χ1n) is 7.49. The maximum atomic E-state index is 12.9. The molecular formula is C17H13F7N2S. The molecule has 0 aliphatic rings. The molecule has 2 N–H and O–H groups in total. The Morgan fingerprint density at radius 2 is 1.37 bits per heavy atom. The normalized spacial score (nSPS) is 13.2. The standard InChI is InChI=1S/C17H13F7N2S/c1-9(10-2-4-13(18)5-3-10)25-15(27)26-14-7-11(16(19,20)21)6-12(8-14)17(22,23)24/h2-9H,1H3,(H2,25,26,27)/t9-/m1/s1. The topological polar surface area (TPSA) is 24.1 Å². The monoisotopic (exact) mass is 410 g/mol. The second kappa shape index (κ2) is 7.71. The van der Waals surface area contributed by atoms with Crippen molar-refractivity contribution in [2.24, 2.45) is 0 Å². The average Bonchev–Trinajstić information content (AvgIpc) is 2.53. The van der Waals surface area contributed by atoms with Gasteiger partial charge in [-0.05, 0) is 55.0 Å². The lowest BCUT2D eigenvalue weighted by Crippen LogP contribution is -2.31. The van der Waals surface area contributed by atoms with E-state index in [9.17, 15) is 30.7 Å². The Kier molecular flexibility index (Phi) is 5.98. The molecule has 0 bridgehead atoms. The van der Waals surface area contributed by atoms with E-state index in [0.29, 0.717) is 17.7 Å². The Bertz CT molecular complexity index is 781. The van der Waals surface area contributed by atoms with E-state index < -0.39 is 41.0 Å². The third kappa shape index (κ3) is 5.81. The van der Waals surface area contributed by atoms with Gasteiger partial charge in [0.1, 0.15) is 5.82 Å². The number of nitrogens with one attached hydrogen (secondary N) is 2. The van der Waals surface area contributed by atoms with Crippen LogP contribution in [0.2, 0.25) is 0 Å². The lowest BCUT2D eigenvalue weighted by Gasteiger charge is -2.19. The summed E-state index contributed by atoms with van der Waals surface area (Å²) in [4.78, 5) is 0. The smallest absolute Gasteiger partial charge is 0.356 e. The van der Waals surface area contributed by atoms with Crippen molar-refractivity contribution < 1.29 is 30.7 Å². The molecule has 10 heteroatoms. The van der Waals surface area contributed by atoms with Crippen LogP contribution in [0.25, 0.3) is 0 Å². The van der Waals surface area contributed by atoms with Crippen molar-refractivity contribution in [2.45, 2.75) is 25.3 Å². The Morgan fingerprint density at radius 3 is 1.81 bits per heavy atom. The third-order valence-electron chi connectivity index (χ3n) is 3.56. The fourth-order valence-electron chi connectivity index (χ4n) is 2.23. The predicted molar refractivity (Wildman–Crippen MR) is 90.6 cm³/mol. The molecule has 0 aliphatic heterocycles. The molecule has 0 amide bonds. The van der Waals surface area contributed by atoms with Gasteiger partial charge in [0, 0.05) is 5.69 Å². The van der Waals surface area contributed by atoms with Crippen molar-refractivity contribution in [2.75, 3.05) is 5.32 Å². The van der Waals surface area contributed by atoms with Crippen molar-refractivity contribution in [1.82, 2.24) is 5.32 Å². The number of rotatable bonds is 3. The fraction of sp³-hybridized carbons (Fsp3) is 0.235. The summed E-state index contributed by atoms with van der Waals surface area (Å²) in [6.07, 6.45) is -9.90. The molecule has 0 aliphatic carbocycles. The molecule has 0 unspecified atom stereocenters. The van der Waals surface area contributed by atoms with Crippen LogP contribution in [0.1, 0.15) is 29.7 Å². The first-order chi connectivity index (χ1) is 12.4. The van der Waals surface area contributed by atoms with E-state index >= 15 is 0 Å². The molecule has 2 nitrogen and oxygen atoms in total. The summed E-state index contributed by atoms with van der Waals surface area (Å²) in [6, 6.07) is 6.01. The van der Waals surface area contributed by atoms with E-state index in [-0.39, 0.29) is 11.2 Å². The van der Waals surface area contributed by atoms with Gasteiger partial charge in [-0.2, -0.15) is 26.3 Å². The summed E-state index contributed by atoms with van der Waals surface area (Å²) in [5, 5.41) is 4.86. The van der Waals surface area contributed by atoms with Gasteiger partial charge in [-0.3, -0.25) is 0 Å². The predicted octanol–water partition coefficient (Wildman–Crippen LogP) is 5.91. The molecule has 27 heavy (non-hydrogen) atoms. The SMILES string of the molecule is C[C@@H](NC(=S)Nc1cc(C(F)(F)F)cc(C(F)(F)F)c1)c1ccc(F)cc1. The van der Waals surface area contributed by atoms with Crippen molar-refractivity contribution in [3.8, 4) is 0 Å². The first kappa shape index (κ1) is 20.9. The van der Waals surface area contributed by atoms with Crippen molar-refractivity contribution >= 4 is 23.0 Å². The molecular weight excluding hydrogens is 397 g/mol. The van der Waals surface area contributed by atoms with E-state index in [1.807, 2.05) is 0 Å². The minimum atomic E-state index is -4.95. The van der Waals surface area contributed by atoms with Gasteiger partial charge < -0.3 is 10.6 Å². The molecule has 0 radical (unpaired) electrons. The van der Waals surface area contributed by atoms with Crippen LogP contribution in [0, 0.1) is 5.82 Å². The molecule has 0 heterocycles. The zero-order chi connectivity index (χ0) is 20.4. The molecule has 0 fully saturated rings. The second-order valence-corrected chi connectivity index (χ2v) is 6.07. The molecule has 0 saturated heterocycles. The molecule has 0 aromatic heterocycles. The van der Waals surface area contributed by atoms with E-state index in [1.165, 1.54) is 24.3 Å². The average molecular weight is 410 g/mol. The van der Waals surface area contributed by atoms with Crippen LogP contribution in [-0.2, 0) is 12.4 Å². The van der Waals surface area contributed by atoms with Crippen LogP contribution in [0.15, 0.2) is 42.5 Å². The summed E-state index contributed by atoms with van der Waals surface area (Å²) < 4.78 is 90.1. The number of halogens is 7. The largest absolute Gasteiger partial charge is 0.416 e. The van der Waals surface area contributed by atoms with E-state index in [0.717, 1.165) is 0 Å². The zero-order valence-corrected chi connectivity index (χ0v) is 14.5. The van der Waals surface area contributed by atoms with Crippen molar-refractivity contribution in [3.05, 3.63) is 65.0 Å².